The lowest BCUT2D eigenvalue weighted by molar-refractivity contribution is -0.221. The lowest BCUT2D eigenvalue weighted by atomic mass is 9.84. The first-order valence-electron chi connectivity index (χ1n) is 5.68. The van der Waals surface area contributed by atoms with Crippen LogP contribution in [0.5, 0.6) is 0 Å². The molecular formula is C11H16F3N3O. The molecule has 1 N–H and O–H groups in total. The lowest BCUT2D eigenvalue weighted by Gasteiger charge is -2.35. The molecule has 1 fully saturated rings. The summed E-state index contributed by atoms with van der Waals surface area (Å²) in [6, 6.07) is 1.33. The molecule has 0 saturated carbocycles. The number of alkyl halides is 3. The Hall–Kier alpha value is -1.29. The molecule has 1 rings (SSSR count). The summed E-state index contributed by atoms with van der Waals surface area (Å²) in [4.78, 5) is 13.1. The highest BCUT2D eigenvalue weighted by molar-refractivity contribution is 5.84. The highest BCUT2D eigenvalue weighted by Gasteiger charge is 2.62. The summed E-state index contributed by atoms with van der Waals surface area (Å²) in [7, 11) is 1.32. The van der Waals surface area contributed by atoms with E-state index in [9.17, 15) is 18.0 Å². The normalized spacial score (nSPS) is 25.6. The Kier molecular flexibility index (Phi) is 4.22. The van der Waals surface area contributed by atoms with Crippen LogP contribution in [0.2, 0.25) is 0 Å². The minimum absolute atomic E-state index is 0.0175. The second kappa shape index (κ2) is 5.14. The van der Waals surface area contributed by atoms with Gasteiger partial charge in [0.15, 0.2) is 5.41 Å². The number of hydrogen-bond donors (Lipinski definition) is 1. The molecule has 0 radical (unpaired) electrons. The minimum Gasteiger partial charge on any atom is -0.341 e. The van der Waals surface area contributed by atoms with Crippen LogP contribution in [-0.2, 0) is 4.79 Å². The SMILES string of the molecule is CC(CC#N)N(C)C(=O)C1(C(F)(F)F)CCNC1. The van der Waals surface area contributed by atoms with E-state index >= 15 is 0 Å². The average Bonchev–Trinajstić information content (AvgIpc) is 2.76. The summed E-state index contributed by atoms with van der Waals surface area (Å²) in [6.45, 7) is 1.35. The Morgan fingerprint density at radius 1 is 1.61 bits per heavy atom. The average molecular weight is 263 g/mol. The number of rotatable bonds is 3. The van der Waals surface area contributed by atoms with Gasteiger partial charge < -0.3 is 10.2 Å². The van der Waals surface area contributed by atoms with E-state index in [1.54, 1.807) is 6.92 Å². The molecule has 0 aromatic rings. The third-order valence-corrected chi connectivity index (χ3v) is 3.48. The first-order chi connectivity index (χ1) is 8.26. The van der Waals surface area contributed by atoms with Crippen molar-refractivity contribution in [3.05, 3.63) is 0 Å². The third kappa shape index (κ3) is 2.43. The molecule has 0 spiro atoms. The Morgan fingerprint density at radius 2 is 2.22 bits per heavy atom. The van der Waals surface area contributed by atoms with Crippen LogP contribution in [0.1, 0.15) is 19.8 Å². The number of hydrogen-bond acceptors (Lipinski definition) is 3. The summed E-state index contributed by atoms with van der Waals surface area (Å²) in [5, 5.41) is 11.1. The van der Waals surface area contributed by atoms with Gasteiger partial charge in [-0.25, -0.2) is 0 Å². The van der Waals surface area contributed by atoms with E-state index < -0.39 is 23.5 Å². The van der Waals surface area contributed by atoms with Gasteiger partial charge in [0.25, 0.3) is 0 Å². The van der Waals surface area contributed by atoms with Gasteiger partial charge in [-0.15, -0.1) is 0 Å². The van der Waals surface area contributed by atoms with E-state index in [1.165, 1.54) is 7.05 Å². The summed E-state index contributed by atoms with van der Waals surface area (Å²) in [5.41, 5.74) is -2.34. The van der Waals surface area contributed by atoms with E-state index in [2.05, 4.69) is 5.32 Å². The van der Waals surface area contributed by atoms with Gasteiger partial charge in [-0.3, -0.25) is 4.79 Å². The fourth-order valence-corrected chi connectivity index (χ4v) is 2.04. The first kappa shape index (κ1) is 14.8. The lowest BCUT2D eigenvalue weighted by Crippen LogP contribution is -2.54. The molecule has 2 unspecified atom stereocenters. The van der Waals surface area contributed by atoms with Crippen molar-refractivity contribution in [2.24, 2.45) is 5.41 Å². The van der Waals surface area contributed by atoms with Crippen molar-refractivity contribution in [3.63, 3.8) is 0 Å². The maximum atomic E-state index is 13.1. The van der Waals surface area contributed by atoms with Crippen molar-refractivity contribution >= 4 is 5.91 Å². The number of carbonyl (C=O) groups is 1. The second-order valence-corrected chi connectivity index (χ2v) is 4.63. The van der Waals surface area contributed by atoms with Gasteiger partial charge in [0.2, 0.25) is 5.91 Å². The van der Waals surface area contributed by atoms with Crippen LogP contribution in [0.4, 0.5) is 13.2 Å². The summed E-state index contributed by atoms with van der Waals surface area (Å²) < 4.78 is 39.4. The van der Waals surface area contributed by atoms with Crippen molar-refractivity contribution in [1.82, 2.24) is 10.2 Å². The highest BCUT2D eigenvalue weighted by Crippen LogP contribution is 2.44. The van der Waals surface area contributed by atoms with Crippen molar-refractivity contribution in [1.29, 1.82) is 5.26 Å². The summed E-state index contributed by atoms with van der Waals surface area (Å²) in [6.07, 6.45) is -4.81. The fraction of sp³-hybridized carbons (Fsp3) is 0.818. The van der Waals surface area contributed by atoms with Gasteiger partial charge in [-0.05, 0) is 19.9 Å². The highest BCUT2D eigenvalue weighted by atomic mass is 19.4. The number of amides is 1. The molecule has 1 amide bonds. The molecule has 7 heteroatoms. The fourth-order valence-electron chi connectivity index (χ4n) is 2.04. The standard InChI is InChI=1S/C11H16F3N3O/c1-8(3-5-15)17(2)9(18)10(11(12,13)14)4-6-16-7-10/h8,16H,3-4,6-7H2,1-2H3. The number of halogens is 3. The number of nitrogens with zero attached hydrogens (tertiary/aromatic N) is 2. The maximum Gasteiger partial charge on any atom is 0.404 e. The monoisotopic (exact) mass is 263 g/mol. The van der Waals surface area contributed by atoms with Crippen molar-refractivity contribution < 1.29 is 18.0 Å². The predicted octanol–water partition coefficient (Wildman–Crippen LogP) is 1.29. The van der Waals surface area contributed by atoms with E-state index in [1.807, 2.05) is 6.07 Å². The Labute approximate surface area is 104 Å². The van der Waals surface area contributed by atoms with Crippen LogP contribution < -0.4 is 5.32 Å². The molecule has 1 heterocycles. The molecule has 1 aliphatic rings. The summed E-state index contributed by atoms with van der Waals surface area (Å²) >= 11 is 0. The van der Waals surface area contributed by atoms with Crippen LogP contribution in [0, 0.1) is 16.7 Å². The van der Waals surface area contributed by atoms with E-state index in [4.69, 9.17) is 5.26 Å². The smallest absolute Gasteiger partial charge is 0.341 e. The molecular weight excluding hydrogens is 247 g/mol. The maximum absolute atomic E-state index is 13.1. The molecule has 2 atom stereocenters. The first-order valence-corrected chi connectivity index (χ1v) is 5.68. The molecule has 0 aliphatic carbocycles. The van der Waals surface area contributed by atoms with Gasteiger partial charge in [0, 0.05) is 19.6 Å². The zero-order valence-electron chi connectivity index (χ0n) is 10.3. The van der Waals surface area contributed by atoms with Crippen LogP contribution in [-0.4, -0.2) is 43.2 Å². The third-order valence-electron chi connectivity index (χ3n) is 3.48. The van der Waals surface area contributed by atoms with E-state index in [0.29, 0.717) is 0 Å². The van der Waals surface area contributed by atoms with Crippen molar-refractivity contribution in [2.45, 2.75) is 32.0 Å². The Bertz CT molecular complexity index is 356. The van der Waals surface area contributed by atoms with Gasteiger partial charge >= 0.3 is 6.18 Å². The molecule has 4 nitrogen and oxygen atoms in total. The molecule has 1 aliphatic heterocycles. The van der Waals surface area contributed by atoms with Gasteiger partial charge in [-0.2, -0.15) is 18.4 Å². The largest absolute Gasteiger partial charge is 0.404 e. The molecule has 0 aromatic heterocycles. The zero-order chi connectivity index (χ0) is 14.0. The van der Waals surface area contributed by atoms with E-state index in [0.717, 1.165) is 4.90 Å². The van der Waals surface area contributed by atoms with Crippen LogP contribution in [0.3, 0.4) is 0 Å². The number of nitrogens with one attached hydrogen (secondary N) is 1. The van der Waals surface area contributed by atoms with Crippen molar-refractivity contribution in [3.8, 4) is 6.07 Å². The molecule has 0 bridgehead atoms. The van der Waals surface area contributed by atoms with Crippen LogP contribution in [0.15, 0.2) is 0 Å². The van der Waals surface area contributed by atoms with Crippen LogP contribution in [0.25, 0.3) is 0 Å². The molecule has 1 saturated heterocycles. The van der Waals surface area contributed by atoms with Crippen molar-refractivity contribution in [2.75, 3.05) is 20.1 Å². The quantitative estimate of drug-likeness (QED) is 0.834. The van der Waals surface area contributed by atoms with Gasteiger partial charge in [0.1, 0.15) is 0 Å². The van der Waals surface area contributed by atoms with E-state index in [-0.39, 0.29) is 25.9 Å². The topological polar surface area (TPSA) is 56.1 Å². The predicted molar refractivity (Wildman–Crippen MR) is 58.4 cm³/mol. The molecule has 102 valence electrons. The number of carbonyl (C=O) groups excluding carboxylic acids is 1. The zero-order valence-corrected chi connectivity index (χ0v) is 10.3. The summed E-state index contributed by atoms with van der Waals surface area (Å²) in [5.74, 6) is -0.956. The Morgan fingerprint density at radius 3 is 2.61 bits per heavy atom. The van der Waals surface area contributed by atoms with Gasteiger partial charge in [0.05, 0.1) is 12.5 Å². The second-order valence-electron chi connectivity index (χ2n) is 4.63. The minimum atomic E-state index is -4.58. The molecule has 0 aromatic carbocycles. The van der Waals surface area contributed by atoms with Crippen LogP contribution >= 0.6 is 0 Å². The van der Waals surface area contributed by atoms with Gasteiger partial charge in [-0.1, -0.05) is 0 Å². The Balaban J connectivity index is 2.95. The molecule has 18 heavy (non-hydrogen) atoms. The number of nitriles is 1.